The molecule has 2 aromatic carbocycles. The van der Waals surface area contributed by atoms with Gasteiger partial charge in [0, 0.05) is 13.5 Å². The fraction of sp³-hybridized carbons (Fsp3) is 0.385. The molecule has 0 aliphatic heterocycles. The van der Waals surface area contributed by atoms with E-state index in [9.17, 15) is 19.2 Å². The summed E-state index contributed by atoms with van der Waals surface area (Å²) in [5.74, 6) is -1.68. The zero-order valence-electron chi connectivity index (χ0n) is 20.7. The second kappa shape index (κ2) is 12.5. The Labute approximate surface area is 205 Å². The molecule has 0 bridgehead atoms. The molecule has 9 nitrogen and oxygen atoms in total. The number of benzene rings is 2. The normalized spacial score (nSPS) is 12.6. The summed E-state index contributed by atoms with van der Waals surface area (Å²) in [6.45, 7) is 4.84. The van der Waals surface area contributed by atoms with E-state index in [0.29, 0.717) is 5.56 Å². The molecule has 35 heavy (non-hydrogen) atoms. The summed E-state index contributed by atoms with van der Waals surface area (Å²) in [5, 5.41) is 5.16. The van der Waals surface area contributed by atoms with Gasteiger partial charge in [0.2, 0.25) is 11.8 Å². The van der Waals surface area contributed by atoms with Crippen LogP contribution in [0.1, 0.15) is 37.9 Å². The topological polar surface area (TPSA) is 114 Å². The average Bonchev–Trinajstić information content (AvgIpc) is 2.81. The van der Waals surface area contributed by atoms with Crippen molar-refractivity contribution in [1.29, 1.82) is 0 Å². The van der Waals surface area contributed by atoms with Crippen molar-refractivity contribution in [3.8, 4) is 0 Å². The third-order valence-corrected chi connectivity index (χ3v) is 5.00. The third-order valence-electron chi connectivity index (χ3n) is 5.00. The van der Waals surface area contributed by atoms with Crippen molar-refractivity contribution in [2.24, 2.45) is 0 Å². The Morgan fingerprint density at radius 2 is 1.51 bits per heavy atom. The van der Waals surface area contributed by atoms with Crippen molar-refractivity contribution < 1.29 is 28.7 Å². The lowest BCUT2D eigenvalue weighted by atomic mass is 10.0. The van der Waals surface area contributed by atoms with Crippen molar-refractivity contribution >= 4 is 23.9 Å². The van der Waals surface area contributed by atoms with Gasteiger partial charge in [0.25, 0.3) is 0 Å². The van der Waals surface area contributed by atoms with Gasteiger partial charge < -0.3 is 25.0 Å². The molecule has 188 valence electrons. The van der Waals surface area contributed by atoms with E-state index in [1.54, 1.807) is 51.1 Å². The summed E-state index contributed by atoms with van der Waals surface area (Å²) in [4.78, 5) is 52.1. The molecule has 0 aromatic heterocycles. The smallest absolute Gasteiger partial charge is 0.408 e. The van der Waals surface area contributed by atoms with E-state index in [4.69, 9.17) is 4.74 Å². The number of nitrogens with zero attached hydrogens (tertiary/aromatic N) is 1. The summed E-state index contributed by atoms with van der Waals surface area (Å²) >= 11 is 0. The summed E-state index contributed by atoms with van der Waals surface area (Å²) in [7, 11) is 2.70. The van der Waals surface area contributed by atoms with Gasteiger partial charge in [-0.25, -0.2) is 4.79 Å². The van der Waals surface area contributed by atoms with Crippen LogP contribution in [0, 0.1) is 0 Å². The van der Waals surface area contributed by atoms with Crippen LogP contribution in [-0.4, -0.2) is 61.1 Å². The van der Waals surface area contributed by atoms with Crippen molar-refractivity contribution in [2.45, 2.75) is 44.9 Å². The third kappa shape index (κ3) is 8.77. The highest BCUT2D eigenvalue weighted by Gasteiger charge is 2.34. The van der Waals surface area contributed by atoms with E-state index in [1.165, 1.54) is 19.1 Å². The van der Waals surface area contributed by atoms with E-state index in [-0.39, 0.29) is 13.0 Å². The molecule has 3 amide bonds. The standard InChI is InChI=1S/C26H33N3O6/c1-26(2,3)35-25(33)28-20(16-18-12-8-6-9-13-18)24(32)29(4)22(19-14-10-7-11-15-19)23(31)27-17-21(30)34-5/h6-15,20,22H,16-17H2,1-5H3,(H,27,31)(H,28,33). The number of rotatable bonds is 9. The van der Waals surface area contributed by atoms with Crippen LogP contribution < -0.4 is 10.6 Å². The van der Waals surface area contributed by atoms with Crippen LogP contribution in [0.3, 0.4) is 0 Å². The van der Waals surface area contributed by atoms with Gasteiger partial charge in [-0.2, -0.15) is 0 Å². The lowest BCUT2D eigenvalue weighted by molar-refractivity contribution is -0.143. The molecule has 2 rings (SSSR count). The van der Waals surface area contributed by atoms with Gasteiger partial charge >= 0.3 is 12.1 Å². The second-order valence-electron chi connectivity index (χ2n) is 8.94. The number of hydrogen-bond acceptors (Lipinski definition) is 6. The summed E-state index contributed by atoms with van der Waals surface area (Å²) < 4.78 is 9.94. The fourth-order valence-electron chi connectivity index (χ4n) is 3.39. The second-order valence-corrected chi connectivity index (χ2v) is 8.94. The van der Waals surface area contributed by atoms with Crippen LogP contribution in [0.25, 0.3) is 0 Å². The number of nitrogens with one attached hydrogen (secondary N) is 2. The Bertz CT molecular complexity index is 1000. The van der Waals surface area contributed by atoms with E-state index in [1.807, 2.05) is 30.3 Å². The fourth-order valence-corrected chi connectivity index (χ4v) is 3.39. The van der Waals surface area contributed by atoms with Crippen molar-refractivity contribution in [2.75, 3.05) is 20.7 Å². The Morgan fingerprint density at radius 1 is 0.943 bits per heavy atom. The number of methoxy groups -OCH3 is 1. The monoisotopic (exact) mass is 483 g/mol. The van der Waals surface area contributed by atoms with Crippen LogP contribution >= 0.6 is 0 Å². The molecule has 0 saturated carbocycles. The number of likely N-dealkylation sites (N-methyl/N-ethyl adjacent to an activating group) is 1. The predicted molar refractivity (Wildman–Crippen MR) is 130 cm³/mol. The minimum atomic E-state index is -1.05. The quantitative estimate of drug-likeness (QED) is 0.530. The molecule has 0 radical (unpaired) electrons. The number of carbonyl (C=O) groups is 4. The SMILES string of the molecule is COC(=O)CNC(=O)C(c1ccccc1)N(C)C(=O)C(Cc1ccccc1)NC(=O)OC(C)(C)C. The van der Waals surface area contributed by atoms with E-state index >= 15 is 0 Å². The Hall–Kier alpha value is -3.88. The zero-order valence-corrected chi connectivity index (χ0v) is 20.7. The lowest BCUT2D eigenvalue weighted by Crippen LogP contribution is -2.52. The summed E-state index contributed by atoms with van der Waals surface area (Å²) in [5.41, 5.74) is 0.611. The highest BCUT2D eigenvalue weighted by molar-refractivity contribution is 5.93. The Kier molecular flexibility index (Phi) is 9.81. The summed E-state index contributed by atoms with van der Waals surface area (Å²) in [6, 6.07) is 15.8. The molecular formula is C26H33N3O6. The van der Waals surface area contributed by atoms with Crippen molar-refractivity contribution in [3.05, 3.63) is 71.8 Å². The maximum absolute atomic E-state index is 13.6. The van der Waals surface area contributed by atoms with Crippen LogP contribution in [0.15, 0.2) is 60.7 Å². The minimum Gasteiger partial charge on any atom is -0.468 e. The molecule has 0 aliphatic carbocycles. The molecule has 2 N–H and O–H groups in total. The number of hydrogen-bond donors (Lipinski definition) is 2. The number of amides is 3. The predicted octanol–water partition coefficient (Wildman–Crippen LogP) is 2.61. The van der Waals surface area contributed by atoms with Crippen LogP contribution in [0.5, 0.6) is 0 Å². The Balaban J connectivity index is 2.34. The Morgan fingerprint density at radius 3 is 2.06 bits per heavy atom. The lowest BCUT2D eigenvalue weighted by Gasteiger charge is -2.31. The zero-order chi connectivity index (χ0) is 26.0. The van der Waals surface area contributed by atoms with Crippen LogP contribution in [-0.2, 0) is 30.3 Å². The van der Waals surface area contributed by atoms with Crippen LogP contribution in [0.4, 0.5) is 4.79 Å². The van der Waals surface area contributed by atoms with Gasteiger partial charge in [-0.1, -0.05) is 60.7 Å². The molecule has 0 fully saturated rings. The van der Waals surface area contributed by atoms with Gasteiger partial charge in [0.15, 0.2) is 0 Å². The van der Waals surface area contributed by atoms with Crippen LogP contribution in [0.2, 0.25) is 0 Å². The molecule has 2 atom stereocenters. The van der Waals surface area contributed by atoms with E-state index in [0.717, 1.165) is 5.56 Å². The van der Waals surface area contributed by atoms with Gasteiger partial charge in [0.1, 0.15) is 24.2 Å². The highest BCUT2D eigenvalue weighted by atomic mass is 16.6. The highest BCUT2D eigenvalue weighted by Crippen LogP contribution is 2.21. The van der Waals surface area contributed by atoms with Gasteiger partial charge in [0.05, 0.1) is 7.11 Å². The molecule has 0 heterocycles. The van der Waals surface area contributed by atoms with Crippen molar-refractivity contribution in [3.63, 3.8) is 0 Å². The van der Waals surface area contributed by atoms with E-state index in [2.05, 4.69) is 15.4 Å². The number of alkyl carbamates (subject to hydrolysis) is 1. The van der Waals surface area contributed by atoms with E-state index < -0.39 is 41.6 Å². The first-order chi connectivity index (χ1) is 16.5. The molecule has 0 spiro atoms. The maximum atomic E-state index is 13.6. The molecule has 2 aromatic rings. The number of carbonyl (C=O) groups excluding carboxylic acids is 4. The minimum absolute atomic E-state index is 0.189. The molecule has 2 unspecified atom stereocenters. The largest absolute Gasteiger partial charge is 0.468 e. The first-order valence-corrected chi connectivity index (χ1v) is 11.2. The molecule has 9 heteroatoms. The van der Waals surface area contributed by atoms with Gasteiger partial charge in [-0.15, -0.1) is 0 Å². The first-order valence-electron chi connectivity index (χ1n) is 11.2. The van der Waals surface area contributed by atoms with Crippen molar-refractivity contribution in [1.82, 2.24) is 15.5 Å². The first kappa shape index (κ1) is 27.4. The summed E-state index contributed by atoms with van der Waals surface area (Å²) in [6.07, 6.45) is -0.555. The number of ether oxygens (including phenoxy) is 2. The molecule has 0 saturated heterocycles. The number of esters is 1. The molecule has 0 aliphatic rings. The molecular weight excluding hydrogens is 450 g/mol. The average molecular weight is 484 g/mol. The van der Waals surface area contributed by atoms with Gasteiger partial charge in [-0.05, 0) is 31.9 Å². The maximum Gasteiger partial charge on any atom is 0.408 e. The van der Waals surface area contributed by atoms with Gasteiger partial charge in [-0.3, -0.25) is 14.4 Å².